The third kappa shape index (κ3) is 2.54. The lowest BCUT2D eigenvalue weighted by Gasteiger charge is -2.30. The summed E-state index contributed by atoms with van der Waals surface area (Å²) < 4.78 is 0. The van der Waals surface area contributed by atoms with Crippen LogP contribution in [-0.2, 0) is 0 Å². The van der Waals surface area contributed by atoms with E-state index in [9.17, 15) is 4.79 Å². The minimum absolute atomic E-state index is 0.135. The summed E-state index contributed by atoms with van der Waals surface area (Å²) in [5.41, 5.74) is -0.302. The molecule has 1 aromatic heterocycles. The summed E-state index contributed by atoms with van der Waals surface area (Å²) in [5.74, 6) is 0.478. The number of likely N-dealkylation sites (tertiary alicyclic amines) is 1. The molecule has 0 aromatic carbocycles. The molecule has 0 bridgehead atoms. The van der Waals surface area contributed by atoms with Crippen molar-refractivity contribution in [3.8, 4) is 0 Å². The zero-order chi connectivity index (χ0) is 11.5. The summed E-state index contributed by atoms with van der Waals surface area (Å²) in [7, 11) is 2.08. The molecule has 1 fully saturated rings. The first-order valence-electron chi connectivity index (χ1n) is 5.35. The second-order valence-electron chi connectivity index (χ2n) is 4.14. The number of rotatable bonds is 2. The van der Waals surface area contributed by atoms with Gasteiger partial charge in [-0.2, -0.15) is 0 Å². The smallest absolute Gasteiger partial charge is 0.271 e. The van der Waals surface area contributed by atoms with Gasteiger partial charge in [0.1, 0.15) is 5.02 Å². The van der Waals surface area contributed by atoms with Gasteiger partial charge in [-0.05, 0) is 26.4 Å². The molecule has 88 valence electrons. The van der Waals surface area contributed by atoms with E-state index in [-0.39, 0.29) is 10.6 Å². The second-order valence-corrected chi connectivity index (χ2v) is 4.52. The molecule has 2 N–H and O–H groups in total. The summed E-state index contributed by atoms with van der Waals surface area (Å²) in [6.45, 7) is 2.07. The Bertz CT molecular complexity index is 420. The largest absolute Gasteiger partial charge is 0.365 e. The van der Waals surface area contributed by atoms with Gasteiger partial charge in [0.05, 0.1) is 6.33 Å². The molecule has 2 heterocycles. The Morgan fingerprint density at radius 2 is 2.50 bits per heavy atom. The molecule has 0 saturated carbocycles. The zero-order valence-corrected chi connectivity index (χ0v) is 9.92. The highest BCUT2D eigenvalue weighted by atomic mass is 35.5. The van der Waals surface area contributed by atoms with Crippen molar-refractivity contribution < 1.29 is 0 Å². The van der Waals surface area contributed by atoms with Gasteiger partial charge in [-0.1, -0.05) is 11.6 Å². The highest BCUT2D eigenvalue weighted by Gasteiger charge is 2.18. The Kier molecular flexibility index (Phi) is 3.46. The van der Waals surface area contributed by atoms with Gasteiger partial charge in [0.15, 0.2) is 5.82 Å². The molecular formula is C10H15ClN4O. The number of H-pyrrole nitrogens is 1. The van der Waals surface area contributed by atoms with Crippen molar-refractivity contribution in [3.05, 3.63) is 21.7 Å². The number of hydrogen-bond donors (Lipinski definition) is 2. The number of anilines is 1. The molecule has 1 unspecified atom stereocenters. The molecule has 16 heavy (non-hydrogen) atoms. The number of aromatic amines is 1. The van der Waals surface area contributed by atoms with Crippen LogP contribution in [-0.4, -0.2) is 41.0 Å². The lowest BCUT2D eigenvalue weighted by Crippen LogP contribution is -2.40. The maximum absolute atomic E-state index is 11.3. The standard InChI is InChI=1S/C10H15ClN4O/c1-15-4-2-3-7(5-15)14-9-8(11)10(16)13-6-12-9/h6-7H,2-5H2,1H3,(H2,12,13,14,16). The summed E-state index contributed by atoms with van der Waals surface area (Å²) in [6.07, 6.45) is 3.59. The molecule has 5 nitrogen and oxygen atoms in total. The second kappa shape index (κ2) is 4.84. The van der Waals surface area contributed by atoms with Crippen LogP contribution >= 0.6 is 11.6 Å². The Morgan fingerprint density at radius 3 is 3.25 bits per heavy atom. The van der Waals surface area contributed by atoms with Crippen LogP contribution in [0.1, 0.15) is 12.8 Å². The molecule has 2 rings (SSSR count). The summed E-state index contributed by atoms with van der Waals surface area (Å²) in [4.78, 5) is 20.0. The molecule has 1 aliphatic heterocycles. The van der Waals surface area contributed by atoms with Crippen molar-refractivity contribution in [1.29, 1.82) is 0 Å². The van der Waals surface area contributed by atoms with Crippen LogP contribution in [0.5, 0.6) is 0 Å². The quantitative estimate of drug-likeness (QED) is 0.810. The lowest BCUT2D eigenvalue weighted by atomic mass is 10.1. The van der Waals surface area contributed by atoms with Gasteiger partial charge < -0.3 is 15.2 Å². The predicted molar refractivity (Wildman–Crippen MR) is 64.0 cm³/mol. The first kappa shape index (κ1) is 11.4. The summed E-state index contributed by atoms with van der Waals surface area (Å²) in [5, 5.41) is 3.35. The number of likely N-dealkylation sites (N-methyl/N-ethyl adjacent to an activating group) is 1. The minimum Gasteiger partial charge on any atom is -0.365 e. The van der Waals surface area contributed by atoms with Gasteiger partial charge in [0.2, 0.25) is 0 Å². The maximum Gasteiger partial charge on any atom is 0.271 e. The Hall–Kier alpha value is -1.07. The molecule has 0 spiro atoms. The average Bonchev–Trinajstić information content (AvgIpc) is 2.25. The molecule has 0 amide bonds. The fourth-order valence-electron chi connectivity index (χ4n) is 1.96. The van der Waals surface area contributed by atoms with Crippen molar-refractivity contribution in [2.45, 2.75) is 18.9 Å². The lowest BCUT2D eigenvalue weighted by molar-refractivity contribution is 0.260. The normalized spacial score (nSPS) is 22.0. The van der Waals surface area contributed by atoms with Crippen LogP contribution in [0, 0.1) is 0 Å². The number of nitrogens with zero attached hydrogens (tertiary/aromatic N) is 2. The predicted octanol–water partition coefficient (Wildman–Crippen LogP) is 0.929. The van der Waals surface area contributed by atoms with E-state index in [1.807, 2.05) is 0 Å². The minimum atomic E-state index is -0.302. The Balaban J connectivity index is 2.08. The fourth-order valence-corrected chi connectivity index (χ4v) is 2.12. The topological polar surface area (TPSA) is 61.0 Å². The summed E-state index contributed by atoms with van der Waals surface area (Å²) in [6, 6.07) is 0.311. The monoisotopic (exact) mass is 242 g/mol. The molecule has 1 aromatic rings. The van der Waals surface area contributed by atoms with E-state index in [2.05, 4.69) is 27.2 Å². The van der Waals surface area contributed by atoms with E-state index < -0.39 is 0 Å². The summed E-state index contributed by atoms with van der Waals surface area (Å²) >= 11 is 5.87. The zero-order valence-electron chi connectivity index (χ0n) is 9.16. The third-order valence-electron chi connectivity index (χ3n) is 2.76. The van der Waals surface area contributed by atoms with Crippen molar-refractivity contribution in [2.24, 2.45) is 0 Å². The number of hydrogen-bond acceptors (Lipinski definition) is 4. The Labute approximate surface area is 98.8 Å². The average molecular weight is 243 g/mol. The van der Waals surface area contributed by atoms with Gasteiger partial charge in [-0.15, -0.1) is 0 Å². The highest BCUT2D eigenvalue weighted by Crippen LogP contribution is 2.17. The molecule has 0 radical (unpaired) electrons. The van der Waals surface area contributed by atoms with E-state index >= 15 is 0 Å². The van der Waals surface area contributed by atoms with Crippen LogP contribution in [0.4, 0.5) is 5.82 Å². The first-order valence-corrected chi connectivity index (χ1v) is 5.73. The maximum atomic E-state index is 11.3. The van der Waals surface area contributed by atoms with Crippen molar-refractivity contribution in [3.63, 3.8) is 0 Å². The van der Waals surface area contributed by atoms with E-state index in [1.165, 1.54) is 6.33 Å². The molecule has 1 aliphatic rings. The van der Waals surface area contributed by atoms with Crippen molar-refractivity contribution >= 4 is 17.4 Å². The number of piperidine rings is 1. The molecule has 1 atom stereocenters. The number of aromatic nitrogens is 2. The molecular weight excluding hydrogens is 228 g/mol. The van der Waals surface area contributed by atoms with E-state index in [0.29, 0.717) is 11.9 Å². The van der Waals surface area contributed by atoms with E-state index in [1.54, 1.807) is 0 Å². The van der Waals surface area contributed by atoms with Gasteiger partial charge >= 0.3 is 0 Å². The van der Waals surface area contributed by atoms with Crippen LogP contribution in [0.25, 0.3) is 0 Å². The van der Waals surface area contributed by atoms with Crippen LogP contribution in [0.3, 0.4) is 0 Å². The van der Waals surface area contributed by atoms with Gasteiger partial charge in [0.25, 0.3) is 5.56 Å². The van der Waals surface area contributed by atoms with Gasteiger partial charge in [0, 0.05) is 12.6 Å². The first-order chi connectivity index (χ1) is 7.66. The van der Waals surface area contributed by atoms with Crippen LogP contribution in [0.2, 0.25) is 5.02 Å². The van der Waals surface area contributed by atoms with Crippen molar-refractivity contribution in [2.75, 3.05) is 25.5 Å². The number of halogens is 1. The highest BCUT2D eigenvalue weighted by molar-refractivity contribution is 6.32. The van der Waals surface area contributed by atoms with Crippen molar-refractivity contribution in [1.82, 2.24) is 14.9 Å². The molecule has 0 aliphatic carbocycles. The van der Waals surface area contributed by atoms with Crippen LogP contribution in [0.15, 0.2) is 11.1 Å². The van der Waals surface area contributed by atoms with E-state index in [0.717, 1.165) is 25.9 Å². The Morgan fingerprint density at radius 1 is 1.69 bits per heavy atom. The van der Waals surface area contributed by atoms with Crippen LogP contribution < -0.4 is 10.9 Å². The fraction of sp³-hybridized carbons (Fsp3) is 0.600. The van der Waals surface area contributed by atoms with Gasteiger partial charge in [-0.25, -0.2) is 4.98 Å². The molecule has 6 heteroatoms. The SMILES string of the molecule is CN1CCCC(Nc2nc[nH]c(=O)c2Cl)C1. The number of nitrogens with one attached hydrogen (secondary N) is 2. The molecule has 1 saturated heterocycles. The van der Waals surface area contributed by atoms with E-state index in [4.69, 9.17) is 11.6 Å². The van der Waals surface area contributed by atoms with Gasteiger partial charge in [-0.3, -0.25) is 4.79 Å². The third-order valence-corrected chi connectivity index (χ3v) is 3.11.